The number of likely N-dealkylation sites (tertiary alicyclic amines) is 2. The molecule has 0 saturated carbocycles. The van der Waals surface area contributed by atoms with Crippen molar-refractivity contribution in [1.82, 2.24) is 9.80 Å². The molecule has 5 nitrogen and oxygen atoms in total. The van der Waals surface area contributed by atoms with E-state index in [0.29, 0.717) is 22.5 Å². The number of carbonyl (C=O) groups is 1. The van der Waals surface area contributed by atoms with E-state index in [1.54, 1.807) is 12.1 Å². The van der Waals surface area contributed by atoms with Gasteiger partial charge in [-0.3, -0.25) is 9.00 Å². The molecular formula is C22H27FN2O3S. The largest absolute Gasteiger partial charge is 0.455 e. The lowest BCUT2D eigenvalue weighted by atomic mass is 10.00. The number of rotatable bonds is 5. The minimum absolute atomic E-state index is 0.0964. The third-order valence-corrected chi connectivity index (χ3v) is 7.23. The zero-order valence-electron chi connectivity index (χ0n) is 16.5. The van der Waals surface area contributed by atoms with Gasteiger partial charge in [-0.2, -0.15) is 0 Å². The van der Waals surface area contributed by atoms with E-state index in [1.165, 1.54) is 56.6 Å². The first-order valence-electron chi connectivity index (χ1n) is 10.4. The molecule has 2 aromatic rings. The van der Waals surface area contributed by atoms with Gasteiger partial charge in [0.2, 0.25) is 0 Å². The van der Waals surface area contributed by atoms with Crippen molar-refractivity contribution in [2.75, 3.05) is 26.2 Å². The normalized spacial score (nSPS) is 20.0. The first kappa shape index (κ1) is 20.3. The summed E-state index contributed by atoms with van der Waals surface area (Å²) in [6.07, 6.45) is 5.92. The molecule has 1 aromatic heterocycles. The summed E-state index contributed by atoms with van der Waals surface area (Å²) < 4.78 is 31.1. The van der Waals surface area contributed by atoms with Crippen molar-refractivity contribution in [2.24, 2.45) is 0 Å². The Morgan fingerprint density at radius 3 is 2.38 bits per heavy atom. The SMILES string of the molecule is O=C(c1ccc(CS(=O)c2ccc(F)cc2)o1)N1CCC(N2CCCCC2)CC1. The van der Waals surface area contributed by atoms with Crippen molar-refractivity contribution in [1.29, 1.82) is 0 Å². The summed E-state index contributed by atoms with van der Waals surface area (Å²) in [6.45, 7) is 3.87. The van der Waals surface area contributed by atoms with Crippen LogP contribution in [0.3, 0.4) is 0 Å². The van der Waals surface area contributed by atoms with Gasteiger partial charge in [-0.15, -0.1) is 0 Å². The van der Waals surface area contributed by atoms with Crippen LogP contribution in [0.2, 0.25) is 0 Å². The fourth-order valence-corrected chi connectivity index (χ4v) is 5.26. The Kier molecular flexibility index (Phi) is 6.45. The number of amides is 1. The van der Waals surface area contributed by atoms with E-state index in [2.05, 4.69) is 4.90 Å². The quantitative estimate of drug-likeness (QED) is 0.741. The van der Waals surface area contributed by atoms with E-state index in [1.807, 2.05) is 4.90 Å². The topological polar surface area (TPSA) is 53.8 Å². The monoisotopic (exact) mass is 418 g/mol. The third kappa shape index (κ3) is 4.95. The number of hydrogen-bond donors (Lipinski definition) is 0. The first-order valence-corrected chi connectivity index (χ1v) is 11.7. The molecule has 1 atom stereocenters. The van der Waals surface area contributed by atoms with Crippen molar-refractivity contribution in [3.63, 3.8) is 0 Å². The fraction of sp³-hybridized carbons (Fsp3) is 0.500. The highest BCUT2D eigenvalue weighted by Crippen LogP contribution is 2.23. The van der Waals surface area contributed by atoms with Gasteiger partial charge in [-0.1, -0.05) is 6.42 Å². The summed E-state index contributed by atoms with van der Waals surface area (Å²) in [7, 11) is -1.35. The van der Waals surface area contributed by atoms with Gasteiger partial charge in [0.25, 0.3) is 5.91 Å². The molecule has 3 heterocycles. The van der Waals surface area contributed by atoms with Crippen LogP contribution >= 0.6 is 0 Å². The van der Waals surface area contributed by atoms with Crippen LogP contribution in [0.4, 0.5) is 4.39 Å². The highest BCUT2D eigenvalue weighted by molar-refractivity contribution is 7.84. The summed E-state index contributed by atoms with van der Waals surface area (Å²) in [5.41, 5.74) is 0. The van der Waals surface area contributed by atoms with Crippen molar-refractivity contribution in [3.05, 3.63) is 53.7 Å². The molecule has 1 amide bonds. The number of piperidine rings is 2. The Morgan fingerprint density at radius 2 is 1.69 bits per heavy atom. The molecule has 0 spiro atoms. The van der Waals surface area contributed by atoms with Crippen LogP contribution in [0, 0.1) is 5.82 Å². The maximum Gasteiger partial charge on any atom is 0.289 e. The molecule has 7 heteroatoms. The van der Waals surface area contributed by atoms with E-state index in [0.717, 1.165) is 25.9 Å². The molecule has 2 aliphatic heterocycles. The standard InChI is InChI=1S/C22H27FN2O3S/c23-17-4-7-20(8-5-17)29(27)16-19-6-9-21(28-19)22(26)25-14-10-18(11-15-25)24-12-2-1-3-13-24/h4-9,18H,1-3,10-16H2. The molecule has 0 radical (unpaired) electrons. The lowest BCUT2D eigenvalue weighted by Crippen LogP contribution is -2.48. The molecule has 0 aliphatic carbocycles. The van der Waals surface area contributed by atoms with Gasteiger partial charge in [-0.05, 0) is 75.2 Å². The Balaban J connectivity index is 1.31. The van der Waals surface area contributed by atoms with Gasteiger partial charge >= 0.3 is 0 Å². The van der Waals surface area contributed by atoms with Gasteiger partial charge in [0.05, 0.1) is 16.6 Å². The fourth-order valence-electron chi connectivity index (χ4n) is 4.24. The molecule has 2 fully saturated rings. The predicted octanol–water partition coefficient (Wildman–Crippen LogP) is 3.82. The van der Waals surface area contributed by atoms with E-state index in [4.69, 9.17) is 4.42 Å². The summed E-state index contributed by atoms with van der Waals surface area (Å²) in [5.74, 6) is 0.504. The first-order chi connectivity index (χ1) is 14.1. The molecule has 0 N–H and O–H groups in total. The minimum atomic E-state index is -1.35. The number of nitrogens with zero attached hydrogens (tertiary/aromatic N) is 2. The Hall–Kier alpha value is -1.99. The van der Waals surface area contributed by atoms with Crippen molar-refractivity contribution < 1.29 is 17.8 Å². The maximum absolute atomic E-state index is 13.0. The molecule has 0 bridgehead atoms. The van der Waals surface area contributed by atoms with Gasteiger partial charge < -0.3 is 14.2 Å². The molecule has 2 aliphatic rings. The highest BCUT2D eigenvalue weighted by atomic mass is 32.2. The number of furan rings is 1. The second-order valence-electron chi connectivity index (χ2n) is 7.83. The Labute approximate surface area is 173 Å². The molecular weight excluding hydrogens is 391 g/mol. The van der Waals surface area contributed by atoms with Crippen molar-refractivity contribution in [2.45, 2.75) is 48.8 Å². The number of carbonyl (C=O) groups excluding carboxylic acids is 1. The summed E-state index contributed by atoms with van der Waals surface area (Å²) in [4.78, 5) is 17.8. The molecule has 1 aromatic carbocycles. The second kappa shape index (κ2) is 9.22. The average Bonchev–Trinajstić information content (AvgIpc) is 3.23. The highest BCUT2D eigenvalue weighted by Gasteiger charge is 2.29. The van der Waals surface area contributed by atoms with Crippen LogP contribution < -0.4 is 0 Å². The van der Waals surface area contributed by atoms with Crippen LogP contribution in [0.5, 0.6) is 0 Å². The molecule has 29 heavy (non-hydrogen) atoms. The lowest BCUT2D eigenvalue weighted by molar-refractivity contribution is 0.0561. The zero-order chi connectivity index (χ0) is 20.2. The van der Waals surface area contributed by atoms with Crippen LogP contribution in [0.15, 0.2) is 45.7 Å². The van der Waals surface area contributed by atoms with Crippen LogP contribution in [0.25, 0.3) is 0 Å². The number of halogens is 1. The van der Waals surface area contributed by atoms with Crippen LogP contribution in [-0.4, -0.2) is 52.1 Å². The van der Waals surface area contributed by atoms with Gasteiger partial charge in [0, 0.05) is 24.0 Å². The molecule has 4 rings (SSSR count). The summed E-state index contributed by atoms with van der Waals surface area (Å²) >= 11 is 0. The van der Waals surface area contributed by atoms with E-state index < -0.39 is 10.8 Å². The Morgan fingerprint density at radius 1 is 1.00 bits per heavy atom. The van der Waals surface area contributed by atoms with Gasteiger partial charge in [-0.25, -0.2) is 4.39 Å². The molecule has 2 saturated heterocycles. The van der Waals surface area contributed by atoms with E-state index in [-0.39, 0.29) is 17.5 Å². The van der Waals surface area contributed by atoms with E-state index >= 15 is 0 Å². The number of benzene rings is 1. The van der Waals surface area contributed by atoms with Crippen LogP contribution in [0.1, 0.15) is 48.4 Å². The summed E-state index contributed by atoms with van der Waals surface area (Å²) in [6, 6.07) is 9.55. The zero-order valence-corrected chi connectivity index (χ0v) is 17.3. The van der Waals surface area contributed by atoms with Gasteiger partial charge in [0.1, 0.15) is 11.6 Å². The molecule has 1 unspecified atom stereocenters. The predicted molar refractivity (Wildman–Crippen MR) is 110 cm³/mol. The smallest absolute Gasteiger partial charge is 0.289 e. The number of hydrogen-bond acceptors (Lipinski definition) is 4. The maximum atomic E-state index is 13.0. The minimum Gasteiger partial charge on any atom is -0.455 e. The van der Waals surface area contributed by atoms with E-state index in [9.17, 15) is 13.4 Å². The lowest BCUT2D eigenvalue weighted by Gasteiger charge is -2.40. The van der Waals surface area contributed by atoms with Crippen molar-refractivity contribution >= 4 is 16.7 Å². The summed E-state index contributed by atoms with van der Waals surface area (Å²) in [5, 5.41) is 0. The molecule has 156 valence electrons. The van der Waals surface area contributed by atoms with Crippen molar-refractivity contribution in [3.8, 4) is 0 Å². The van der Waals surface area contributed by atoms with Crippen LogP contribution in [-0.2, 0) is 16.6 Å². The second-order valence-corrected chi connectivity index (χ2v) is 9.28. The van der Waals surface area contributed by atoms with Gasteiger partial charge in [0.15, 0.2) is 5.76 Å². The average molecular weight is 419 g/mol. The Bertz CT molecular complexity index is 853. The third-order valence-electron chi connectivity index (χ3n) is 5.88.